The maximum absolute atomic E-state index is 12.5. The molecule has 4 heterocycles. The van der Waals surface area contributed by atoms with E-state index in [1.807, 2.05) is 17.3 Å². The van der Waals surface area contributed by atoms with Crippen LogP contribution in [0.2, 0.25) is 0 Å². The molecule has 1 saturated carbocycles. The molecule has 3 aromatic rings. The molecule has 3 atom stereocenters. The van der Waals surface area contributed by atoms with Crippen LogP contribution in [0.1, 0.15) is 50.1 Å². The Hall–Kier alpha value is -3.78. The molecular formula is C28H37N9O4. The normalized spacial score (nSPS) is 22.5. The van der Waals surface area contributed by atoms with Gasteiger partial charge in [-0.2, -0.15) is 0 Å². The summed E-state index contributed by atoms with van der Waals surface area (Å²) in [6.07, 6.45) is 10.1. The van der Waals surface area contributed by atoms with E-state index in [2.05, 4.69) is 65.8 Å². The average molecular weight is 564 g/mol. The highest BCUT2D eigenvalue weighted by atomic mass is 16.8. The molecule has 13 nitrogen and oxygen atoms in total. The molecular weight excluding hydrogens is 526 g/mol. The fourth-order valence-electron chi connectivity index (χ4n) is 6.23. The number of hydrogen-bond donors (Lipinski definition) is 5. The number of aromatic nitrogens is 3. The Bertz CT molecular complexity index is 1360. The third-order valence-corrected chi connectivity index (χ3v) is 8.51. The van der Waals surface area contributed by atoms with Crippen molar-refractivity contribution >= 4 is 34.7 Å². The van der Waals surface area contributed by atoms with Gasteiger partial charge in [0, 0.05) is 87.5 Å². The van der Waals surface area contributed by atoms with Gasteiger partial charge in [-0.1, -0.05) is 0 Å². The molecule has 13 heteroatoms. The standard InChI is InChI=1S/C28H37N9O4/c38-25(2-1-3-26(39)41-34-40)36-14-12-35(13-15-36)22-8-6-21(7-9-22)31-27-28-29-10-11-37(28)18-24(32-27)19-4-5-20-17-30-33-23(20)16-19/h6-11,18-20,23,30,33-34,40H,1-5,12-17H2,(H,31,32). The van der Waals surface area contributed by atoms with Crippen LogP contribution in [-0.2, 0) is 14.4 Å². The third-order valence-electron chi connectivity index (χ3n) is 8.51. The number of hydrogen-bond acceptors (Lipinski definition) is 11. The molecule has 1 aliphatic carbocycles. The number of nitrogens with one attached hydrogen (secondary N) is 4. The summed E-state index contributed by atoms with van der Waals surface area (Å²) < 4.78 is 2.06. The molecule has 3 aliphatic rings. The minimum Gasteiger partial charge on any atom is -0.368 e. The number of carbonyl (C=O) groups excluding carboxylic acids is 2. The average Bonchev–Trinajstić information content (AvgIpc) is 3.67. The Morgan fingerprint density at radius 2 is 1.93 bits per heavy atom. The van der Waals surface area contributed by atoms with Crippen molar-refractivity contribution in [1.29, 1.82) is 0 Å². The van der Waals surface area contributed by atoms with Crippen molar-refractivity contribution in [2.45, 2.75) is 50.5 Å². The minimum atomic E-state index is -0.595. The van der Waals surface area contributed by atoms with Crippen molar-refractivity contribution < 1.29 is 19.6 Å². The molecule has 2 aromatic heterocycles. The van der Waals surface area contributed by atoms with Crippen LogP contribution in [0.25, 0.3) is 5.65 Å². The predicted molar refractivity (Wildman–Crippen MR) is 151 cm³/mol. The van der Waals surface area contributed by atoms with Crippen LogP contribution in [-0.4, -0.2) is 75.1 Å². The Kier molecular flexibility index (Phi) is 8.28. The maximum atomic E-state index is 12.5. The first-order valence-corrected chi connectivity index (χ1v) is 14.4. The van der Waals surface area contributed by atoms with Gasteiger partial charge in [-0.25, -0.2) is 9.97 Å². The van der Waals surface area contributed by atoms with Crippen LogP contribution < -0.4 is 26.7 Å². The van der Waals surface area contributed by atoms with Crippen molar-refractivity contribution in [3.05, 3.63) is 48.5 Å². The zero-order chi connectivity index (χ0) is 28.2. The Morgan fingerprint density at radius 3 is 2.73 bits per heavy atom. The molecule has 2 saturated heterocycles. The van der Waals surface area contributed by atoms with E-state index < -0.39 is 5.97 Å². The minimum absolute atomic E-state index is 0.0261. The number of anilines is 3. The molecule has 41 heavy (non-hydrogen) atoms. The summed E-state index contributed by atoms with van der Waals surface area (Å²) >= 11 is 0. The summed E-state index contributed by atoms with van der Waals surface area (Å²) in [5.74, 6) is 1.30. The first kappa shape index (κ1) is 27.4. The summed E-state index contributed by atoms with van der Waals surface area (Å²) in [6, 6.07) is 8.79. The molecule has 2 aliphatic heterocycles. The highest BCUT2D eigenvalue weighted by Crippen LogP contribution is 2.37. The molecule has 3 fully saturated rings. The summed E-state index contributed by atoms with van der Waals surface area (Å²) in [4.78, 5) is 41.8. The van der Waals surface area contributed by atoms with Crippen molar-refractivity contribution in [1.82, 2.24) is 35.8 Å². The van der Waals surface area contributed by atoms with Gasteiger partial charge in [0.25, 0.3) is 0 Å². The van der Waals surface area contributed by atoms with Gasteiger partial charge in [0.1, 0.15) is 0 Å². The lowest BCUT2D eigenvalue weighted by Gasteiger charge is -2.36. The van der Waals surface area contributed by atoms with E-state index in [0.717, 1.165) is 61.0 Å². The van der Waals surface area contributed by atoms with E-state index in [0.29, 0.717) is 37.4 Å². The first-order chi connectivity index (χ1) is 20.1. The highest BCUT2D eigenvalue weighted by Gasteiger charge is 2.35. The lowest BCUT2D eigenvalue weighted by Crippen LogP contribution is -2.48. The van der Waals surface area contributed by atoms with Gasteiger partial charge in [-0.05, 0) is 61.5 Å². The number of imidazole rings is 1. The molecule has 5 N–H and O–H groups in total. The topological polar surface area (TPSA) is 148 Å². The van der Waals surface area contributed by atoms with E-state index in [4.69, 9.17) is 10.2 Å². The predicted octanol–water partition coefficient (Wildman–Crippen LogP) is 2.09. The second kappa shape index (κ2) is 12.4. The van der Waals surface area contributed by atoms with Gasteiger partial charge < -0.3 is 24.4 Å². The van der Waals surface area contributed by atoms with E-state index in [-0.39, 0.29) is 18.7 Å². The summed E-state index contributed by atoms with van der Waals surface area (Å²) in [7, 11) is 0. The van der Waals surface area contributed by atoms with Gasteiger partial charge in [0.05, 0.1) is 5.69 Å². The van der Waals surface area contributed by atoms with Crippen LogP contribution in [0.4, 0.5) is 17.2 Å². The molecule has 0 radical (unpaired) electrons. The third kappa shape index (κ3) is 6.27. The largest absolute Gasteiger partial charge is 0.368 e. The van der Waals surface area contributed by atoms with Crippen LogP contribution >= 0.6 is 0 Å². The Morgan fingerprint density at radius 1 is 1.10 bits per heavy atom. The van der Waals surface area contributed by atoms with Crippen LogP contribution in [0.3, 0.4) is 0 Å². The van der Waals surface area contributed by atoms with Crippen molar-refractivity contribution in [3.63, 3.8) is 0 Å². The number of amides is 1. The molecule has 0 bridgehead atoms. The van der Waals surface area contributed by atoms with E-state index >= 15 is 0 Å². The smallest absolute Gasteiger partial charge is 0.327 e. The number of piperazine rings is 1. The Balaban J connectivity index is 1.05. The fourth-order valence-corrected chi connectivity index (χ4v) is 6.23. The van der Waals surface area contributed by atoms with Gasteiger partial charge in [0.15, 0.2) is 11.5 Å². The van der Waals surface area contributed by atoms with Crippen LogP contribution in [0, 0.1) is 5.92 Å². The number of rotatable bonds is 9. The SMILES string of the molecule is O=C(CCCC(=O)N1CCN(c2ccc(Nc3nc(C4CCC5CNNC5C4)cn4ccnc34)cc2)CC1)ONO. The molecule has 1 aromatic carbocycles. The number of fused-ring (bicyclic) bond motifs is 2. The second-order valence-corrected chi connectivity index (χ2v) is 11.0. The zero-order valence-electron chi connectivity index (χ0n) is 23.0. The molecule has 0 spiro atoms. The molecule has 218 valence electrons. The maximum Gasteiger partial charge on any atom is 0.327 e. The van der Waals surface area contributed by atoms with E-state index in [1.54, 1.807) is 0 Å². The quantitative estimate of drug-likeness (QED) is 0.244. The van der Waals surface area contributed by atoms with Gasteiger partial charge >= 0.3 is 5.97 Å². The van der Waals surface area contributed by atoms with Gasteiger partial charge in [-0.3, -0.25) is 25.6 Å². The highest BCUT2D eigenvalue weighted by molar-refractivity contribution is 5.77. The van der Waals surface area contributed by atoms with Crippen LogP contribution in [0.5, 0.6) is 0 Å². The van der Waals surface area contributed by atoms with Crippen molar-refractivity contribution in [3.8, 4) is 0 Å². The lowest BCUT2D eigenvalue weighted by atomic mass is 9.78. The van der Waals surface area contributed by atoms with Crippen LogP contribution in [0.15, 0.2) is 42.9 Å². The monoisotopic (exact) mass is 563 g/mol. The van der Waals surface area contributed by atoms with Gasteiger partial charge in [-0.15, -0.1) is 0 Å². The molecule has 3 unspecified atom stereocenters. The number of carbonyl (C=O) groups is 2. The number of benzene rings is 1. The lowest BCUT2D eigenvalue weighted by molar-refractivity contribution is -0.176. The van der Waals surface area contributed by atoms with Crippen molar-refractivity contribution in [2.75, 3.05) is 42.9 Å². The zero-order valence-corrected chi connectivity index (χ0v) is 23.0. The van der Waals surface area contributed by atoms with Gasteiger partial charge in [0.2, 0.25) is 5.91 Å². The second-order valence-electron chi connectivity index (χ2n) is 11.0. The molecule has 6 rings (SSSR count). The number of nitrogens with zero attached hydrogens (tertiary/aromatic N) is 5. The van der Waals surface area contributed by atoms with E-state index in [1.165, 1.54) is 12.1 Å². The molecule has 1 amide bonds. The van der Waals surface area contributed by atoms with E-state index in [9.17, 15) is 9.59 Å². The Labute approximate surface area is 238 Å². The summed E-state index contributed by atoms with van der Waals surface area (Å²) in [6.45, 7) is 3.78. The summed E-state index contributed by atoms with van der Waals surface area (Å²) in [5, 5.41) is 11.9. The summed E-state index contributed by atoms with van der Waals surface area (Å²) in [5.41, 5.74) is 12.1. The van der Waals surface area contributed by atoms with Crippen molar-refractivity contribution in [2.24, 2.45) is 5.92 Å². The fraction of sp³-hybridized carbons (Fsp3) is 0.500. The number of hydrazine groups is 1. The first-order valence-electron chi connectivity index (χ1n) is 14.4.